The maximum Gasteiger partial charge on any atom is 0.243 e. The van der Waals surface area contributed by atoms with Gasteiger partial charge in [-0.15, -0.1) is 0 Å². The van der Waals surface area contributed by atoms with Gasteiger partial charge in [-0.2, -0.15) is 0 Å². The van der Waals surface area contributed by atoms with Gasteiger partial charge >= 0.3 is 0 Å². The highest BCUT2D eigenvalue weighted by Crippen LogP contribution is 2.24. The second-order valence-corrected chi connectivity index (χ2v) is 7.56. The monoisotopic (exact) mass is 440 g/mol. The van der Waals surface area contributed by atoms with Crippen LogP contribution in [0.5, 0.6) is 5.75 Å². The lowest BCUT2D eigenvalue weighted by Gasteiger charge is -2.20. The first-order valence-corrected chi connectivity index (χ1v) is 10.00. The molecule has 2 atom stereocenters. The Balaban J connectivity index is 1.88. The Morgan fingerprint density at radius 2 is 2.19 bits per heavy atom. The molecule has 1 aliphatic heterocycles. The van der Waals surface area contributed by atoms with Gasteiger partial charge in [-0.1, -0.05) is 12.1 Å². The van der Waals surface area contributed by atoms with E-state index in [1.54, 1.807) is 14.1 Å². The Morgan fingerprint density at radius 1 is 1.41 bits per heavy atom. The van der Waals surface area contributed by atoms with Crippen molar-refractivity contribution in [3.8, 4) is 5.75 Å². The Hall–Kier alpha value is -1.80. The zero-order chi connectivity index (χ0) is 19.6. The molecule has 8 heteroatoms. The maximum absolute atomic E-state index is 11.8. The molecule has 2 rings (SSSR count). The quantitative estimate of drug-likeness (QED) is 0.477. The average molecular weight is 441 g/mol. The highest BCUT2D eigenvalue weighted by atomic mass is 79.9. The third kappa shape index (κ3) is 7.76. The number of para-hydroxylation sites is 1. The molecule has 1 aromatic rings. The number of amides is 1. The van der Waals surface area contributed by atoms with Crippen molar-refractivity contribution in [2.45, 2.75) is 32.0 Å². The summed E-state index contributed by atoms with van der Waals surface area (Å²) < 4.78 is 12.5. The Bertz CT molecular complexity index is 633. The average Bonchev–Trinajstić information content (AvgIpc) is 3.16. The SMILES string of the molecule is CC(CNC(=NCC(=O)N(C)C)NCC1CCCO1)Oc1ccccc1Br. The van der Waals surface area contributed by atoms with E-state index in [0.717, 1.165) is 29.7 Å². The molecule has 0 aliphatic carbocycles. The van der Waals surface area contributed by atoms with Crippen LogP contribution in [0, 0.1) is 0 Å². The number of ether oxygens (including phenoxy) is 2. The van der Waals surface area contributed by atoms with Crippen molar-refractivity contribution in [1.82, 2.24) is 15.5 Å². The Morgan fingerprint density at radius 3 is 2.85 bits per heavy atom. The standard InChI is InChI=1S/C19H29BrN4O3/c1-14(27-17-9-5-4-8-16(17)20)11-21-19(23-13-18(25)24(2)3)22-12-15-7-6-10-26-15/h4-5,8-9,14-15H,6-7,10-13H2,1-3H3,(H2,21,22,23). The third-order valence-corrected chi connectivity index (χ3v) is 4.77. The van der Waals surface area contributed by atoms with E-state index in [9.17, 15) is 4.79 Å². The minimum atomic E-state index is -0.0806. The number of hydrogen-bond acceptors (Lipinski definition) is 4. The van der Waals surface area contributed by atoms with Gasteiger partial charge < -0.3 is 25.0 Å². The van der Waals surface area contributed by atoms with E-state index in [0.29, 0.717) is 19.0 Å². The summed E-state index contributed by atoms with van der Waals surface area (Å²) >= 11 is 3.48. The molecule has 0 bridgehead atoms. The number of guanidine groups is 1. The largest absolute Gasteiger partial charge is 0.488 e. The second-order valence-electron chi connectivity index (χ2n) is 6.71. The van der Waals surface area contributed by atoms with Crippen LogP contribution in [0.15, 0.2) is 33.7 Å². The van der Waals surface area contributed by atoms with Gasteiger partial charge in [-0.3, -0.25) is 4.79 Å². The van der Waals surface area contributed by atoms with E-state index >= 15 is 0 Å². The summed E-state index contributed by atoms with van der Waals surface area (Å²) in [6.45, 7) is 4.10. The molecule has 1 fully saturated rings. The van der Waals surface area contributed by atoms with Crippen LogP contribution in [0.3, 0.4) is 0 Å². The fourth-order valence-corrected chi connectivity index (χ4v) is 2.90. The fraction of sp³-hybridized carbons (Fsp3) is 0.579. The summed E-state index contributed by atoms with van der Waals surface area (Å²) in [5, 5.41) is 6.51. The molecule has 150 valence electrons. The Labute approximate surface area is 169 Å². The zero-order valence-corrected chi connectivity index (χ0v) is 17.8. The van der Waals surface area contributed by atoms with Crippen LogP contribution < -0.4 is 15.4 Å². The predicted molar refractivity (Wildman–Crippen MR) is 110 cm³/mol. The molecule has 0 saturated carbocycles. The Kier molecular flexibility index (Phi) is 8.87. The van der Waals surface area contributed by atoms with Gasteiger partial charge in [-0.05, 0) is 47.8 Å². The molecule has 1 aromatic carbocycles. The van der Waals surface area contributed by atoms with E-state index < -0.39 is 0 Å². The molecular weight excluding hydrogens is 412 g/mol. The number of rotatable bonds is 8. The molecule has 1 saturated heterocycles. The first-order valence-electron chi connectivity index (χ1n) is 9.21. The lowest BCUT2D eigenvalue weighted by atomic mass is 10.2. The lowest BCUT2D eigenvalue weighted by molar-refractivity contribution is -0.127. The van der Waals surface area contributed by atoms with Crippen LogP contribution in [-0.4, -0.2) is 69.3 Å². The first-order chi connectivity index (χ1) is 13.0. The second kappa shape index (κ2) is 11.1. The minimum absolute atomic E-state index is 0.0502. The van der Waals surface area contributed by atoms with Crippen LogP contribution >= 0.6 is 15.9 Å². The van der Waals surface area contributed by atoms with E-state index in [4.69, 9.17) is 9.47 Å². The van der Waals surface area contributed by atoms with Gasteiger partial charge in [0.1, 0.15) is 18.4 Å². The number of carbonyl (C=O) groups is 1. The highest BCUT2D eigenvalue weighted by molar-refractivity contribution is 9.10. The van der Waals surface area contributed by atoms with Crippen LogP contribution in [0.2, 0.25) is 0 Å². The minimum Gasteiger partial charge on any atom is -0.488 e. The van der Waals surface area contributed by atoms with Gasteiger partial charge in [0.15, 0.2) is 5.96 Å². The fourth-order valence-electron chi connectivity index (χ4n) is 2.52. The van der Waals surface area contributed by atoms with Crippen LogP contribution in [0.4, 0.5) is 0 Å². The van der Waals surface area contributed by atoms with Crippen molar-refractivity contribution in [2.24, 2.45) is 4.99 Å². The summed E-state index contributed by atoms with van der Waals surface area (Å²) in [6, 6.07) is 7.74. The smallest absolute Gasteiger partial charge is 0.243 e. The topological polar surface area (TPSA) is 75.2 Å². The lowest BCUT2D eigenvalue weighted by Crippen LogP contribution is -2.44. The number of aliphatic imine (C=N–C) groups is 1. The number of hydrogen-bond donors (Lipinski definition) is 2. The molecule has 0 aromatic heterocycles. The van der Waals surface area contributed by atoms with Gasteiger partial charge in [0.2, 0.25) is 5.91 Å². The molecule has 0 spiro atoms. The molecular formula is C19H29BrN4O3. The number of halogens is 1. The van der Waals surface area contributed by atoms with E-state index in [-0.39, 0.29) is 24.7 Å². The number of carbonyl (C=O) groups excluding carboxylic acids is 1. The van der Waals surface area contributed by atoms with E-state index in [1.807, 2.05) is 31.2 Å². The number of benzene rings is 1. The van der Waals surface area contributed by atoms with Crippen molar-refractivity contribution in [1.29, 1.82) is 0 Å². The molecule has 0 radical (unpaired) electrons. The maximum atomic E-state index is 11.8. The van der Waals surface area contributed by atoms with Crippen molar-refractivity contribution in [2.75, 3.05) is 40.3 Å². The van der Waals surface area contributed by atoms with E-state index in [1.165, 1.54) is 4.90 Å². The van der Waals surface area contributed by atoms with Gasteiger partial charge in [-0.25, -0.2) is 4.99 Å². The van der Waals surface area contributed by atoms with Crippen molar-refractivity contribution >= 4 is 27.8 Å². The van der Waals surface area contributed by atoms with Crippen molar-refractivity contribution in [3.63, 3.8) is 0 Å². The molecule has 1 heterocycles. The summed E-state index contributed by atoms with van der Waals surface area (Å²) in [6.07, 6.45) is 2.24. The van der Waals surface area contributed by atoms with E-state index in [2.05, 4.69) is 31.6 Å². The van der Waals surface area contributed by atoms with Crippen molar-refractivity contribution in [3.05, 3.63) is 28.7 Å². The molecule has 27 heavy (non-hydrogen) atoms. The van der Waals surface area contributed by atoms with Gasteiger partial charge in [0, 0.05) is 27.2 Å². The molecule has 1 amide bonds. The number of nitrogens with zero attached hydrogens (tertiary/aromatic N) is 2. The first kappa shape index (κ1) is 21.5. The summed E-state index contributed by atoms with van der Waals surface area (Å²) in [5.74, 6) is 1.33. The van der Waals surface area contributed by atoms with Crippen LogP contribution in [0.1, 0.15) is 19.8 Å². The number of nitrogens with one attached hydrogen (secondary N) is 2. The van der Waals surface area contributed by atoms with Crippen LogP contribution in [0.25, 0.3) is 0 Å². The molecule has 2 unspecified atom stereocenters. The van der Waals surface area contributed by atoms with Crippen molar-refractivity contribution < 1.29 is 14.3 Å². The van der Waals surface area contributed by atoms with Gasteiger partial charge in [0.25, 0.3) is 0 Å². The predicted octanol–water partition coefficient (Wildman–Crippen LogP) is 2.02. The molecule has 7 nitrogen and oxygen atoms in total. The number of likely N-dealkylation sites (N-methyl/N-ethyl adjacent to an activating group) is 1. The van der Waals surface area contributed by atoms with Crippen LogP contribution in [-0.2, 0) is 9.53 Å². The third-order valence-electron chi connectivity index (χ3n) is 4.11. The molecule has 2 N–H and O–H groups in total. The summed E-state index contributed by atoms with van der Waals surface area (Å²) in [7, 11) is 3.44. The zero-order valence-electron chi connectivity index (χ0n) is 16.2. The van der Waals surface area contributed by atoms with Gasteiger partial charge in [0.05, 0.1) is 17.1 Å². The normalized spacial score (nSPS) is 18.1. The highest BCUT2D eigenvalue weighted by Gasteiger charge is 2.16. The summed E-state index contributed by atoms with van der Waals surface area (Å²) in [5.41, 5.74) is 0. The molecule has 1 aliphatic rings. The summed E-state index contributed by atoms with van der Waals surface area (Å²) in [4.78, 5) is 17.7.